The van der Waals surface area contributed by atoms with E-state index in [0.29, 0.717) is 16.0 Å². The van der Waals surface area contributed by atoms with Crippen LogP contribution in [0.3, 0.4) is 0 Å². The van der Waals surface area contributed by atoms with Crippen LogP contribution in [-0.4, -0.2) is 26.7 Å². The minimum absolute atomic E-state index is 0.110. The highest BCUT2D eigenvalue weighted by Crippen LogP contribution is 2.29. The Morgan fingerprint density at radius 1 is 1.32 bits per heavy atom. The summed E-state index contributed by atoms with van der Waals surface area (Å²) in [6.07, 6.45) is 0.0422. The minimum atomic E-state index is -1.07. The number of carboxylic acid groups (broad SMARTS) is 2. The number of halogens is 1. The largest absolute Gasteiger partial charge is 0.481 e. The van der Waals surface area contributed by atoms with Crippen molar-refractivity contribution in [3.63, 3.8) is 0 Å². The van der Waals surface area contributed by atoms with E-state index < -0.39 is 11.9 Å². The van der Waals surface area contributed by atoms with E-state index in [1.54, 1.807) is 29.8 Å². The molecule has 19 heavy (non-hydrogen) atoms. The van der Waals surface area contributed by atoms with E-state index in [2.05, 4.69) is 0 Å². The molecule has 0 radical (unpaired) electrons. The second-order valence-electron chi connectivity index (χ2n) is 4.25. The summed E-state index contributed by atoms with van der Waals surface area (Å²) in [7, 11) is 1.64. The molecule has 0 amide bonds. The Morgan fingerprint density at radius 2 is 2.00 bits per heavy atom. The Bertz CT molecular complexity index is 675. The van der Waals surface area contributed by atoms with Gasteiger partial charge in [0.05, 0.1) is 0 Å². The zero-order valence-corrected chi connectivity index (χ0v) is 10.9. The number of aliphatic carboxylic acids is 1. The molecule has 1 aromatic heterocycles. The van der Waals surface area contributed by atoms with E-state index in [1.807, 2.05) is 0 Å². The van der Waals surface area contributed by atoms with Crippen LogP contribution in [0.5, 0.6) is 0 Å². The van der Waals surface area contributed by atoms with E-state index in [4.69, 9.17) is 16.7 Å². The molecule has 0 aliphatic heterocycles. The first-order valence-corrected chi connectivity index (χ1v) is 6.01. The van der Waals surface area contributed by atoms with Gasteiger partial charge in [-0.3, -0.25) is 4.79 Å². The smallest absolute Gasteiger partial charge is 0.352 e. The third-order valence-electron chi connectivity index (χ3n) is 3.06. The van der Waals surface area contributed by atoms with Crippen molar-refractivity contribution in [2.75, 3.05) is 0 Å². The summed E-state index contributed by atoms with van der Waals surface area (Å²) in [6.45, 7) is 0. The molecule has 0 saturated heterocycles. The fourth-order valence-corrected chi connectivity index (χ4v) is 2.42. The maximum atomic E-state index is 11.3. The highest BCUT2D eigenvalue weighted by atomic mass is 35.5. The van der Waals surface area contributed by atoms with E-state index in [1.165, 1.54) is 0 Å². The van der Waals surface area contributed by atoms with E-state index in [9.17, 15) is 14.7 Å². The molecule has 2 rings (SSSR count). The highest BCUT2D eigenvalue weighted by molar-refractivity contribution is 6.31. The lowest BCUT2D eigenvalue weighted by Gasteiger charge is -2.01. The third kappa shape index (κ3) is 2.42. The maximum Gasteiger partial charge on any atom is 0.352 e. The quantitative estimate of drug-likeness (QED) is 0.902. The Hall–Kier alpha value is -2.01. The van der Waals surface area contributed by atoms with Crippen LogP contribution in [0.1, 0.15) is 22.5 Å². The summed E-state index contributed by atoms with van der Waals surface area (Å²) in [4.78, 5) is 22.0. The van der Waals surface area contributed by atoms with Gasteiger partial charge in [-0.05, 0) is 30.2 Å². The summed E-state index contributed by atoms with van der Waals surface area (Å²) in [6, 6.07) is 5.07. The SMILES string of the molecule is Cn1c(C(=O)O)c(CCC(=O)O)c2cc(Cl)ccc21. The summed E-state index contributed by atoms with van der Waals surface area (Å²) < 4.78 is 1.55. The number of aromatic nitrogens is 1. The number of fused-ring (bicyclic) bond motifs is 1. The first-order chi connectivity index (χ1) is 8.91. The van der Waals surface area contributed by atoms with Gasteiger partial charge < -0.3 is 14.8 Å². The van der Waals surface area contributed by atoms with E-state index in [0.717, 1.165) is 5.52 Å². The molecule has 5 nitrogen and oxygen atoms in total. The van der Waals surface area contributed by atoms with Crippen molar-refractivity contribution in [2.45, 2.75) is 12.8 Å². The van der Waals surface area contributed by atoms with Gasteiger partial charge in [0.25, 0.3) is 0 Å². The molecule has 0 unspecified atom stereocenters. The Labute approximate surface area is 114 Å². The van der Waals surface area contributed by atoms with Crippen molar-refractivity contribution in [1.29, 1.82) is 0 Å². The topological polar surface area (TPSA) is 79.5 Å². The molecule has 0 fully saturated rings. The molecule has 2 N–H and O–H groups in total. The number of hydrogen-bond acceptors (Lipinski definition) is 2. The third-order valence-corrected chi connectivity index (χ3v) is 3.29. The van der Waals surface area contributed by atoms with Crippen LogP contribution < -0.4 is 0 Å². The van der Waals surface area contributed by atoms with Gasteiger partial charge >= 0.3 is 11.9 Å². The zero-order chi connectivity index (χ0) is 14.2. The number of nitrogens with zero attached hydrogens (tertiary/aromatic N) is 1. The van der Waals surface area contributed by atoms with Crippen LogP contribution in [-0.2, 0) is 18.3 Å². The molecule has 0 aliphatic carbocycles. The van der Waals surface area contributed by atoms with Gasteiger partial charge in [0.1, 0.15) is 5.69 Å². The fourth-order valence-electron chi connectivity index (χ4n) is 2.25. The maximum absolute atomic E-state index is 11.3. The van der Waals surface area contributed by atoms with E-state index in [-0.39, 0.29) is 18.5 Å². The Balaban J connectivity index is 2.68. The van der Waals surface area contributed by atoms with E-state index >= 15 is 0 Å². The number of rotatable bonds is 4. The second-order valence-corrected chi connectivity index (χ2v) is 4.68. The molecular weight excluding hydrogens is 270 g/mol. The number of carboxylic acids is 2. The van der Waals surface area contributed by atoms with Gasteiger partial charge in [-0.25, -0.2) is 4.79 Å². The van der Waals surface area contributed by atoms with Crippen molar-refractivity contribution in [3.05, 3.63) is 34.5 Å². The van der Waals surface area contributed by atoms with Crippen molar-refractivity contribution in [1.82, 2.24) is 4.57 Å². The van der Waals surface area contributed by atoms with Crippen LogP contribution in [0.4, 0.5) is 0 Å². The van der Waals surface area contributed by atoms with Crippen molar-refractivity contribution in [3.8, 4) is 0 Å². The number of aryl methyl sites for hydroxylation is 2. The molecule has 1 aromatic carbocycles. The first kappa shape index (κ1) is 13.4. The second kappa shape index (κ2) is 4.93. The first-order valence-electron chi connectivity index (χ1n) is 5.63. The average Bonchev–Trinajstić information content (AvgIpc) is 2.59. The highest BCUT2D eigenvalue weighted by Gasteiger charge is 2.21. The molecule has 1 heterocycles. The molecule has 0 aliphatic rings. The summed E-state index contributed by atoms with van der Waals surface area (Å²) in [5.74, 6) is -2.04. The molecule has 0 saturated carbocycles. The normalized spacial score (nSPS) is 10.8. The van der Waals surface area contributed by atoms with Crippen molar-refractivity contribution >= 4 is 34.4 Å². The van der Waals surface area contributed by atoms with Crippen molar-refractivity contribution in [2.24, 2.45) is 7.05 Å². The van der Waals surface area contributed by atoms with Crippen molar-refractivity contribution < 1.29 is 19.8 Å². The van der Waals surface area contributed by atoms with Gasteiger partial charge in [-0.1, -0.05) is 11.6 Å². The fraction of sp³-hybridized carbons (Fsp3) is 0.231. The Morgan fingerprint density at radius 3 is 2.58 bits per heavy atom. The number of benzene rings is 1. The predicted octanol–water partition coefficient (Wildman–Crippen LogP) is 2.55. The van der Waals surface area contributed by atoms with Crippen LogP contribution >= 0.6 is 11.6 Å². The summed E-state index contributed by atoms with van der Waals surface area (Å²) >= 11 is 5.92. The molecule has 0 bridgehead atoms. The molecular formula is C13H12ClNO4. The van der Waals surface area contributed by atoms with Gasteiger partial charge in [-0.15, -0.1) is 0 Å². The molecule has 0 atom stereocenters. The molecule has 2 aromatic rings. The van der Waals surface area contributed by atoms with Gasteiger partial charge in [0.15, 0.2) is 0 Å². The molecule has 100 valence electrons. The van der Waals surface area contributed by atoms with Crippen LogP contribution in [0.2, 0.25) is 5.02 Å². The monoisotopic (exact) mass is 281 g/mol. The lowest BCUT2D eigenvalue weighted by atomic mass is 10.1. The number of hydrogen-bond donors (Lipinski definition) is 2. The van der Waals surface area contributed by atoms with Crippen LogP contribution in [0.25, 0.3) is 10.9 Å². The summed E-state index contributed by atoms with van der Waals surface area (Å²) in [5.41, 5.74) is 1.34. The predicted molar refractivity (Wildman–Crippen MR) is 70.8 cm³/mol. The van der Waals surface area contributed by atoms with Crippen LogP contribution in [0.15, 0.2) is 18.2 Å². The number of carbonyl (C=O) groups is 2. The lowest BCUT2D eigenvalue weighted by Crippen LogP contribution is -2.08. The minimum Gasteiger partial charge on any atom is -0.481 e. The lowest BCUT2D eigenvalue weighted by molar-refractivity contribution is -0.136. The zero-order valence-electron chi connectivity index (χ0n) is 10.2. The number of aromatic carboxylic acids is 1. The van der Waals surface area contributed by atoms with Gasteiger partial charge in [0, 0.05) is 29.4 Å². The summed E-state index contributed by atoms with van der Waals surface area (Å²) in [5, 5.41) is 19.2. The van der Waals surface area contributed by atoms with Gasteiger partial charge in [-0.2, -0.15) is 0 Å². The standard InChI is InChI=1S/C13H12ClNO4/c1-15-10-4-2-7(14)6-9(10)8(3-5-11(16)17)12(15)13(18)19/h2,4,6H,3,5H2,1H3,(H,16,17)(H,18,19). The Kier molecular flexibility index (Phi) is 3.48. The molecule has 6 heteroatoms. The average molecular weight is 282 g/mol. The van der Waals surface area contributed by atoms with Crippen LogP contribution in [0, 0.1) is 0 Å². The molecule has 0 spiro atoms. The van der Waals surface area contributed by atoms with Gasteiger partial charge in [0.2, 0.25) is 0 Å².